The van der Waals surface area contributed by atoms with Gasteiger partial charge in [-0.25, -0.2) is 0 Å². The number of aromatic nitrogens is 1. The topological polar surface area (TPSA) is 38.9 Å². The fourth-order valence-corrected chi connectivity index (χ4v) is 4.57. The van der Waals surface area contributed by atoms with Crippen LogP contribution in [-0.4, -0.2) is 22.0 Å². The van der Waals surface area contributed by atoms with Crippen LogP contribution in [-0.2, 0) is 6.42 Å². The quantitative estimate of drug-likeness (QED) is 0.874. The molecule has 2 nitrogen and oxygen atoms in total. The molecule has 3 rings (SSSR count). The Bertz CT molecular complexity index is 388. The third-order valence-electron chi connectivity index (χ3n) is 4.11. The van der Waals surface area contributed by atoms with E-state index < -0.39 is 0 Å². The number of pyridine rings is 1. The molecule has 3 heteroatoms. The van der Waals surface area contributed by atoms with E-state index in [2.05, 4.69) is 22.8 Å². The van der Waals surface area contributed by atoms with Gasteiger partial charge in [0.1, 0.15) is 0 Å². The Morgan fingerprint density at radius 3 is 3.12 bits per heavy atom. The average molecular weight is 248 g/mol. The van der Waals surface area contributed by atoms with E-state index >= 15 is 0 Å². The van der Waals surface area contributed by atoms with Crippen molar-refractivity contribution in [1.82, 2.24) is 4.98 Å². The molecule has 1 aliphatic heterocycles. The predicted molar refractivity (Wildman–Crippen MR) is 73.4 cm³/mol. The molecular formula is C14H20N2S. The fraction of sp³-hybridized carbons (Fsp3) is 0.643. The van der Waals surface area contributed by atoms with E-state index in [1.54, 1.807) is 0 Å². The largest absolute Gasteiger partial charge is 0.326 e. The van der Waals surface area contributed by atoms with Gasteiger partial charge in [0.15, 0.2) is 0 Å². The Morgan fingerprint density at radius 1 is 1.35 bits per heavy atom. The lowest BCUT2D eigenvalue weighted by Crippen LogP contribution is -2.39. The first-order valence-electron chi connectivity index (χ1n) is 6.67. The van der Waals surface area contributed by atoms with Gasteiger partial charge in [0.25, 0.3) is 0 Å². The van der Waals surface area contributed by atoms with Gasteiger partial charge in [-0.15, -0.1) is 0 Å². The minimum atomic E-state index is 0.302. The van der Waals surface area contributed by atoms with Gasteiger partial charge in [0.05, 0.1) is 0 Å². The van der Waals surface area contributed by atoms with Crippen LogP contribution in [0, 0.1) is 0 Å². The van der Waals surface area contributed by atoms with Crippen molar-refractivity contribution in [2.75, 3.05) is 5.75 Å². The standard InChI is InChI=1S/C14H20N2S/c15-13(12-5-1-2-9-17-12)11-7-6-10-4-3-8-16-14(10)11/h3-4,8,11-13H,1-2,5-7,9,15H2. The van der Waals surface area contributed by atoms with E-state index in [0.717, 1.165) is 0 Å². The van der Waals surface area contributed by atoms with Crippen molar-refractivity contribution in [1.29, 1.82) is 0 Å². The summed E-state index contributed by atoms with van der Waals surface area (Å²) in [6.45, 7) is 0. The fourth-order valence-electron chi connectivity index (χ4n) is 3.15. The number of hydrogen-bond donors (Lipinski definition) is 1. The minimum absolute atomic E-state index is 0.302. The Hall–Kier alpha value is -0.540. The lowest BCUT2D eigenvalue weighted by molar-refractivity contribution is 0.472. The maximum absolute atomic E-state index is 6.51. The van der Waals surface area contributed by atoms with Gasteiger partial charge in [-0.1, -0.05) is 12.5 Å². The van der Waals surface area contributed by atoms with Gasteiger partial charge < -0.3 is 5.73 Å². The molecule has 3 atom stereocenters. The molecule has 0 saturated carbocycles. The van der Waals surface area contributed by atoms with Crippen molar-refractivity contribution in [3.05, 3.63) is 29.6 Å². The van der Waals surface area contributed by atoms with Crippen LogP contribution >= 0.6 is 11.8 Å². The maximum Gasteiger partial charge on any atom is 0.0482 e. The first kappa shape index (κ1) is 11.5. The Morgan fingerprint density at radius 2 is 2.29 bits per heavy atom. The molecule has 2 N–H and O–H groups in total. The van der Waals surface area contributed by atoms with Crippen molar-refractivity contribution >= 4 is 11.8 Å². The smallest absolute Gasteiger partial charge is 0.0482 e. The van der Waals surface area contributed by atoms with Crippen LogP contribution in [0.3, 0.4) is 0 Å². The summed E-state index contributed by atoms with van der Waals surface area (Å²) < 4.78 is 0. The summed E-state index contributed by atoms with van der Waals surface area (Å²) in [7, 11) is 0. The summed E-state index contributed by atoms with van der Waals surface area (Å²) in [4.78, 5) is 4.57. The SMILES string of the molecule is NC(C1CCCCS1)C1CCc2cccnc21. The average Bonchev–Trinajstić information content (AvgIpc) is 2.83. The first-order valence-corrected chi connectivity index (χ1v) is 7.72. The van der Waals surface area contributed by atoms with Crippen LogP contribution in [0.2, 0.25) is 0 Å². The number of rotatable bonds is 2. The van der Waals surface area contributed by atoms with Crippen molar-refractivity contribution in [2.24, 2.45) is 5.73 Å². The van der Waals surface area contributed by atoms with Gasteiger partial charge in [0, 0.05) is 29.1 Å². The number of nitrogens with two attached hydrogens (primary N) is 1. The van der Waals surface area contributed by atoms with Gasteiger partial charge in [-0.3, -0.25) is 4.98 Å². The summed E-state index contributed by atoms with van der Waals surface area (Å²) >= 11 is 2.08. The highest BCUT2D eigenvalue weighted by Crippen LogP contribution is 2.38. The Kier molecular flexibility index (Phi) is 3.39. The lowest BCUT2D eigenvalue weighted by Gasteiger charge is -2.31. The third kappa shape index (κ3) is 2.23. The summed E-state index contributed by atoms with van der Waals surface area (Å²) in [6, 6.07) is 4.56. The molecule has 1 aromatic rings. The second kappa shape index (κ2) is 4.99. The monoisotopic (exact) mass is 248 g/mol. The first-order chi connectivity index (χ1) is 8.36. The summed E-state index contributed by atoms with van der Waals surface area (Å²) in [5, 5.41) is 0.654. The van der Waals surface area contributed by atoms with Crippen LogP contribution in [0.25, 0.3) is 0 Å². The zero-order chi connectivity index (χ0) is 11.7. The molecule has 0 bridgehead atoms. The van der Waals surface area contributed by atoms with E-state index in [1.807, 2.05) is 12.3 Å². The molecular weight excluding hydrogens is 228 g/mol. The highest BCUT2D eigenvalue weighted by Gasteiger charge is 2.34. The molecule has 1 saturated heterocycles. The molecule has 1 aliphatic carbocycles. The molecule has 0 radical (unpaired) electrons. The summed E-state index contributed by atoms with van der Waals surface area (Å²) in [5.41, 5.74) is 9.22. The molecule has 2 heterocycles. The number of fused-ring (bicyclic) bond motifs is 1. The van der Waals surface area contributed by atoms with E-state index in [1.165, 1.54) is 49.1 Å². The number of aryl methyl sites for hydroxylation is 1. The van der Waals surface area contributed by atoms with Gasteiger partial charge >= 0.3 is 0 Å². The maximum atomic E-state index is 6.51. The van der Waals surface area contributed by atoms with Gasteiger partial charge in [-0.2, -0.15) is 11.8 Å². The molecule has 0 aromatic carbocycles. The molecule has 0 amide bonds. The minimum Gasteiger partial charge on any atom is -0.326 e. The normalized spacial score (nSPS) is 29.9. The van der Waals surface area contributed by atoms with Crippen molar-refractivity contribution < 1.29 is 0 Å². The highest BCUT2D eigenvalue weighted by molar-refractivity contribution is 8.00. The van der Waals surface area contributed by atoms with Crippen LogP contribution in [0.5, 0.6) is 0 Å². The Labute approximate surface area is 107 Å². The molecule has 2 aliphatic rings. The predicted octanol–water partition coefficient (Wildman–Crippen LogP) is 2.72. The lowest BCUT2D eigenvalue weighted by atomic mass is 9.92. The van der Waals surface area contributed by atoms with Crippen molar-refractivity contribution in [3.8, 4) is 0 Å². The third-order valence-corrected chi connectivity index (χ3v) is 5.61. The highest BCUT2D eigenvalue weighted by atomic mass is 32.2. The van der Waals surface area contributed by atoms with E-state index in [4.69, 9.17) is 5.73 Å². The number of nitrogens with zero attached hydrogens (tertiary/aromatic N) is 1. The summed E-state index contributed by atoms with van der Waals surface area (Å²) in [6.07, 6.45) is 8.30. The molecule has 17 heavy (non-hydrogen) atoms. The van der Waals surface area contributed by atoms with Crippen LogP contribution in [0.1, 0.15) is 42.9 Å². The van der Waals surface area contributed by atoms with Crippen molar-refractivity contribution in [3.63, 3.8) is 0 Å². The second-order valence-corrected chi connectivity index (χ2v) is 6.52. The number of thioether (sulfide) groups is 1. The molecule has 3 unspecified atom stereocenters. The molecule has 92 valence electrons. The van der Waals surface area contributed by atoms with Crippen LogP contribution in [0.15, 0.2) is 18.3 Å². The zero-order valence-corrected chi connectivity index (χ0v) is 11.0. The zero-order valence-electron chi connectivity index (χ0n) is 10.1. The van der Waals surface area contributed by atoms with Gasteiger partial charge in [0.2, 0.25) is 0 Å². The second-order valence-electron chi connectivity index (χ2n) is 5.18. The summed E-state index contributed by atoms with van der Waals surface area (Å²) in [5.74, 6) is 1.79. The van der Waals surface area contributed by atoms with Crippen LogP contribution < -0.4 is 5.73 Å². The van der Waals surface area contributed by atoms with Crippen molar-refractivity contribution in [2.45, 2.75) is 49.3 Å². The van der Waals surface area contributed by atoms with E-state index in [0.29, 0.717) is 17.2 Å². The van der Waals surface area contributed by atoms with Crippen LogP contribution in [0.4, 0.5) is 0 Å². The van der Waals surface area contributed by atoms with E-state index in [9.17, 15) is 0 Å². The molecule has 1 fully saturated rings. The Balaban J connectivity index is 1.76. The van der Waals surface area contributed by atoms with Gasteiger partial charge in [-0.05, 0) is 43.1 Å². The van der Waals surface area contributed by atoms with E-state index in [-0.39, 0.29) is 0 Å². The number of hydrogen-bond acceptors (Lipinski definition) is 3. The molecule has 1 aromatic heterocycles. The molecule has 0 spiro atoms.